The maximum absolute atomic E-state index is 6.12. The van der Waals surface area contributed by atoms with E-state index in [1.807, 2.05) is 18.3 Å². The van der Waals surface area contributed by atoms with Gasteiger partial charge in [-0.25, -0.2) is 4.98 Å². The smallest absolute Gasteiger partial charge is 0.268 e. The van der Waals surface area contributed by atoms with Crippen molar-refractivity contribution >= 4 is 5.52 Å². The molecule has 3 aromatic heterocycles. The molecule has 0 aromatic carbocycles. The lowest BCUT2D eigenvalue weighted by atomic mass is 9.96. The fraction of sp³-hybridized carbons (Fsp3) is 0.571. The fourth-order valence-corrected chi connectivity index (χ4v) is 4.15. The minimum absolute atomic E-state index is 0.326. The van der Waals surface area contributed by atoms with Crippen molar-refractivity contribution in [2.75, 3.05) is 19.6 Å². The highest BCUT2D eigenvalue weighted by atomic mass is 16.4. The van der Waals surface area contributed by atoms with Crippen LogP contribution in [0.15, 0.2) is 28.8 Å². The third-order valence-electron chi connectivity index (χ3n) is 5.89. The van der Waals surface area contributed by atoms with Gasteiger partial charge in [-0.15, -0.1) is 10.2 Å². The van der Waals surface area contributed by atoms with Crippen LogP contribution in [0.2, 0.25) is 0 Å². The average molecular weight is 365 g/mol. The van der Waals surface area contributed by atoms with E-state index in [4.69, 9.17) is 9.40 Å². The summed E-state index contributed by atoms with van der Waals surface area (Å²) in [4.78, 5) is 7.43. The number of pyridine rings is 1. The van der Waals surface area contributed by atoms with Gasteiger partial charge in [0.1, 0.15) is 5.82 Å². The van der Waals surface area contributed by atoms with Crippen LogP contribution in [0.3, 0.4) is 0 Å². The van der Waals surface area contributed by atoms with Crippen molar-refractivity contribution in [3.8, 4) is 11.6 Å². The van der Waals surface area contributed by atoms with Crippen molar-refractivity contribution in [1.82, 2.24) is 24.5 Å². The van der Waals surface area contributed by atoms with Gasteiger partial charge in [0.05, 0.1) is 5.52 Å². The third-order valence-corrected chi connectivity index (χ3v) is 5.89. The van der Waals surface area contributed by atoms with E-state index in [-0.39, 0.29) is 0 Å². The number of hydrogen-bond donors (Lipinski definition) is 0. The normalized spacial score (nSPS) is 19.4. The van der Waals surface area contributed by atoms with Crippen LogP contribution < -0.4 is 0 Å². The number of likely N-dealkylation sites (tertiary alicyclic amines) is 1. The van der Waals surface area contributed by atoms with Gasteiger partial charge in [-0.1, -0.05) is 19.9 Å². The number of nitrogens with zero attached hydrogens (tertiary/aromatic N) is 5. The fourth-order valence-electron chi connectivity index (χ4n) is 4.15. The van der Waals surface area contributed by atoms with Crippen LogP contribution in [0.25, 0.3) is 17.1 Å². The molecular weight excluding hydrogens is 338 g/mol. The first kappa shape index (κ1) is 16.9. The van der Waals surface area contributed by atoms with Crippen LogP contribution in [-0.4, -0.2) is 44.1 Å². The number of imidazole rings is 1. The maximum Gasteiger partial charge on any atom is 0.268 e. The zero-order chi connectivity index (χ0) is 18.4. The molecule has 6 heteroatoms. The molecule has 1 aliphatic heterocycles. The summed E-state index contributed by atoms with van der Waals surface area (Å²) < 4.78 is 8.25. The molecule has 27 heavy (non-hydrogen) atoms. The minimum Gasteiger partial charge on any atom is -0.419 e. The molecule has 0 amide bonds. The Labute approximate surface area is 159 Å². The van der Waals surface area contributed by atoms with Crippen LogP contribution in [0.1, 0.15) is 63.1 Å². The molecule has 0 unspecified atom stereocenters. The van der Waals surface area contributed by atoms with Crippen molar-refractivity contribution < 1.29 is 4.42 Å². The van der Waals surface area contributed by atoms with Crippen LogP contribution >= 0.6 is 0 Å². The molecule has 0 radical (unpaired) electrons. The second-order valence-corrected chi connectivity index (χ2v) is 8.39. The first-order valence-electron chi connectivity index (χ1n) is 10.2. The van der Waals surface area contributed by atoms with E-state index in [0.717, 1.165) is 54.8 Å². The maximum atomic E-state index is 6.12. The number of piperidine rings is 1. The van der Waals surface area contributed by atoms with Gasteiger partial charge < -0.3 is 13.7 Å². The summed E-state index contributed by atoms with van der Waals surface area (Å²) >= 11 is 0. The summed E-state index contributed by atoms with van der Waals surface area (Å²) in [6.45, 7) is 7.87. The topological polar surface area (TPSA) is 59.5 Å². The largest absolute Gasteiger partial charge is 0.419 e. The first-order valence-corrected chi connectivity index (χ1v) is 10.2. The van der Waals surface area contributed by atoms with E-state index in [1.54, 1.807) is 0 Å². The van der Waals surface area contributed by atoms with Gasteiger partial charge in [0.25, 0.3) is 5.89 Å². The Kier molecular flexibility index (Phi) is 4.23. The summed E-state index contributed by atoms with van der Waals surface area (Å²) in [5.41, 5.74) is 1.82. The number of aromatic nitrogens is 4. The second-order valence-electron chi connectivity index (χ2n) is 8.39. The average Bonchev–Trinajstić information content (AvgIpc) is 3.21. The van der Waals surface area contributed by atoms with Gasteiger partial charge in [0.2, 0.25) is 5.89 Å². The number of hydrogen-bond acceptors (Lipinski definition) is 5. The van der Waals surface area contributed by atoms with Gasteiger partial charge in [0, 0.05) is 24.6 Å². The van der Waals surface area contributed by atoms with Gasteiger partial charge >= 0.3 is 0 Å². The minimum atomic E-state index is 0.326. The highest BCUT2D eigenvalue weighted by Crippen LogP contribution is 2.34. The molecule has 0 N–H and O–H groups in total. The molecule has 142 valence electrons. The summed E-state index contributed by atoms with van der Waals surface area (Å²) in [7, 11) is 0. The molecule has 0 spiro atoms. The van der Waals surface area contributed by atoms with Crippen molar-refractivity contribution in [1.29, 1.82) is 0 Å². The Bertz CT molecular complexity index is 931. The molecular formula is C21H27N5O. The highest BCUT2D eigenvalue weighted by Gasteiger charge is 2.30. The molecule has 1 saturated heterocycles. The van der Waals surface area contributed by atoms with Crippen molar-refractivity contribution in [2.24, 2.45) is 5.92 Å². The molecule has 2 fully saturated rings. The van der Waals surface area contributed by atoms with Crippen LogP contribution in [0.5, 0.6) is 0 Å². The van der Waals surface area contributed by atoms with Crippen LogP contribution in [-0.2, 0) is 0 Å². The van der Waals surface area contributed by atoms with E-state index in [9.17, 15) is 0 Å². The van der Waals surface area contributed by atoms with Gasteiger partial charge in [-0.2, -0.15) is 0 Å². The quantitative estimate of drug-likeness (QED) is 0.681. The summed E-state index contributed by atoms with van der Waals surface area (Å²) in [6.07, 6.45) is 7.10. The Morgan fingerprint density at radius 1 is 1.11 bits per heavy atom. The van der Waals surface area contributed by atoms with E-state index in [0.29, 0.717) is 17.7 Å². The molecule has 4 heterocycles. The molecule has 0 bridgehead atoms. The lowest BCUT2D eigenvalue weighted by Crippen LogP contribution is -2.34. The van der Waals surface area contributed by atoms with Crippen molar-refractivity contribution in [3.05, 3.63) is 36.1 Å². The van der Waals surface area contributed by atoms with Gasteiger partial charge in [-0.05, 0) is 56.8 Å². The van der Waals surface area contributed by atoms with E-state index in [2.05, 4.69) is 39.4 Å². The zero-order valence-corrected chi connectivity index (χ0v) is 16.1. The Morgan fingerprint density at radius 2 is 1.93 bits per heavy atom. The molecule has 1 saturated carbocycles. The predicted molar refractivity (Wildman–Crippen MR) is 104 cm³/mol. The zero-order valence-electron chi connectivity index (χ0n) is 16.1. The lowest BCUT2D eigenvalue weighted by molar-refractivity contribution is 0.193. The number of rotatable bonds is 5. The second kappa shape index (κ2) is 6.75. The summed E-state index contributed by atoms with van der Waals surface area (Å²) in [5, 5.41) is 8.75. The summed E-state index contributed by atoms with van der Waals surface area (Å²) in [6, 6.07) is 6.12. The molecule has 0 atom stereocenters. The Hall–Kier alpha value is -2.21. The number of fused-ring (bicyclic) bond motifs is 1. The Balaban J connectivity index is 1.37. The van der Waals surface area contributed by atoms with Crippen LogP contribution in [0.4, 0.5) is 0 Å². The SMILES string of the molecule is CC(C)c1nc(-c2nnc(C3CCN(CC4CC4)CC3)o2)c2ccccn12. The van der Waals surface area contributed by atoms with Crippen molar-refractivity contribution in [3.63, 3.8) is 0 Å². The van der Waals surface area contributed by atoms with E-state index < -0.39 is 0 Å². The standard InChI is InChI=1S/C21H27N5O/c1-14(2)19-22-18(17-5-3-4-10-26(17)19)21-24-23-20(27-21)16-8-11-25(12-9-16)13-15-6-7-15/h3-5,10,14-16H,6-9,11-13H2,1-2H3. The van der Waals surface area contributed by atoms with Crippen molar-refractivity contribution in [2.45, 2.75) is 51.4 Å². The van der Waals surface area contributed by atoms with Crippen LogP contribution in [0, 0.1) is 5.92 Å². The molecule has 3 aromatic rings. The Morgan fingerprint density at radius 3 is 2.67 bits per heavy atom. The highest BCUT2D eigenvalue weighted by molar-refractivity contribution is 5.72. The molecule has 6 nitrogen and oxygen atoms in total. The van der Waals surface area contributed by atoms with Gasteiger partial charge in [0.15, 0.2) is 5.69 Å². The van der Waals surface area contributed by atoms with E-state index in [1.165, 1.54) is 19.4 Å². The van der Waals surface area contributed by atoms with E-state index >= 15 is 0 Å². The predicted octanol–water partition coefficient (Wildman–Crippen LogP) is 4.10. The summed E-state index contributed by atoms with van der Waals surface area (Å²) in [5.74, 6) is 4.00. The first-order chi connectivity index (χ1) is 13.2. The van der Waals surface area contributed by atoms with Gasteiger partial charge in [-0.3, -0.25) is 0 Å². The lowest BCUT2D eigenvalue weighted by Gasteiger charge is -2.30. The molecule has 2 aliphatic rings. The molecule has 5 rings (SSSR count). The monoisotopic (exact) mass is 365 g/mol. The third kappa shape index (κ3) is 3.27. The molecule has 1 aliphatic carbocycles.